The van der Waals surface area contributed by atoms with Gasteiger partial charge < -0.3 is 9.46 Å². The zero-order valence-corrected chi connectivity index (χ0v) is 14.5. The number of rotatable bonds is 6. The van der Waals surface area contributed by atoms with Gasteiger partial charge in [0.05, 0.1) is 9.92 Å². The SMILES string of the molecule is Fc1cccc(COc2cc(F)c(SNc3nccs3)cc2Cl)c1. The van der Waals surface area contributed by atoms with Gasteiger partial charge in [-0.05, 0) is 35.7 Å². The van der Waals surface area contributed by atoms with Gasteiger partial charge in [0.15, 0.2) is 5.13 Å². The summed E-state index contributed by atoms with van der Waals surface area (Å²) in [6.45, 7) is 0.0980. The van der Waals surface area contributed by atoms with Crippen LogP contribution in [0.5, 0.6) is 5.75 Å². The Hall–Kier alpha value is -1.83. The van der Waals surface area contributed by atoms with Gasteiger partial charge in [-0.1, -0.05) is 23.7 Å². The van der Waals surface area contributed by atoms with E-state index in [1.807, 2.05) is 5.38 Å². The van der Waals surface area contributed by atoms with Crippen LogP contribution in [0.1, 0.15) is 5.56 Å². The van der Waals surface area contributed by atoms with Crippen LogP contribution in [0, 0.1) is 11.6 Å². The average Bonchev–Trinajstić information content (AvgIpc) is 3.07. The van der Waals surface area contributed by atoms with Crippen molar-refractivity contribution in [3.8, 4) is 5.75 Å². The first-order valence-electron chi connectivity index (χ1n) is 6.80. The molecular formula is C16H11ClF2N2OS2. The Kier molecular flexibility index (Phi) is 5.55. The lowest BCUT2D eigenvalue weighted by Crippen LogP contribution is -1.98. The molecule has 2 aromatic carbocycles. The average molecular weight is 385 g/mol. The molecule has 0 unspecified atom stereocenters. The lowest BCUT2D eigenvalue weighted by molar-refractivity contribution is 0.303. The minimum absolute atomic E-state index is 0.0980. The Labute approximate surface area is 150 Å². The van der Waals surface area contributed by atoms with Crippen LogP contribution in [0.15, 0.2) is 52.9 Å². The first kappa shape index (κ1) is 17.0. The molecule has 0 radical (unpaired) electrons. The predicted molar refractivity (Wildman–Crippen MR) is 93.7 cm³/mol. The molecule has 3 rings (SSSR count). The van der Waals surface area contributed by atoms with E-state index in [1.54, 1.807) is 18.3 Å². The first-order valence-corrected chi connectivity index (χ1v) is 8.88. The molecule has 1 N–H and O–H groups in total. The second kappa shape index (κ2) is 7.83. The molecule has 1 aromatic heterocycles. The number of anilines is 1. The van der Waals surface area contributed by atoms with Gasteiger partial charge in [0.1, 0.15) is 24.0 Å². The molecule has 3 nitrogen and oxygen atoms in total. The number of aromatic nitrogens is 1. The summed E-state index contributed by atoms with van der Waals surface area (Å²) in [7, 11) is 0. The monoisotopic (exact) mass is 384 g/mol. The van der Waals surface area contributed by atoms with Crippen LogP contribution in [0.2, 0.25) is 5.02 Å². The third-order valence-electron chi connectivity index (χ3n) is 2.95. The van der Waals surface area contributed by atoms with Crippen molar-refractivity contribution in [3.63, 3.8) is 0 Å². The molecule has 0 aliphatic rings. The largest absolute Gasteiger partial charge is 0.487 e. The Balaban J connectivity index is 1.67. The van der Waals surface area contributed by atoms with Crippen LogP contribution in [0.4, 0.5) is 13.9 Å². The summed E-state index contributed by atoms with van der Waals surface area (Å²) in [5, 5.41) is 2.76. The molecule has 0 saturated heterocycles. The maximum absolute atomic E-state index is 14.2. The van der Waals surface area contributed by atoms with Crippen molar-refractivity contribution in [1.29, 1.82) is 0 Å². The third kappa shape index (κ3) is 4.37. The molecule has 0 amide bonds. The number of nitrogens with zero attached hydrogens (tertiary/aromatic N) is 1. The molecule has 0 aliphatic carbocycles. The second-order valence-corrected chi connectivity index (χ2v) is 6.82. The highest BCUT2D eigenvalue weighted by Gasteiger charge is 2.11. The summed E-state index contributed by atoms with van der Waals surface area (Å²) in [5.41, 5.74) is 0.635. The number of hydrogen-bond acceptors (Lipinski definition) is 5. The zero-order chi connectivity index (χ0) is 16.9. The summed E-state index contributed by atoms with van der Waals surface area (Å²) in [4.78, 5) is 4.37. The molecule has 0 spiro atoms. The van der Waals surface area contributed by atoms with Gasteiger partial charge in [-0.2, -0.15) is 0 Å². The molecule has 0 fully saturated rings. The summed E-state index contributed by atoms with van der Waals surface area (Å²) >= 11 is 8.63. The summed E-state index contributed by atoms with van der Waals surface area (Å²) in [6.07, 6.45) is 1.65. The van der Waals surface area contributed by atoms with Crippen LogP contribution in [0.3, 0.4) is 0 Å². The Morgan fingerprint density at radius 1 is 1.25 bits per heavy atom. The number of hydrogen-bond donors (Lipinski definition) is 1. The Morgan fingerprint density at radius 2 is 2.12 bits per heavy atom. The molecule has 24 heavy (non-hydrogen) atoms. The van der Waals surface area contributed by atoms with Gasteiger partial charge >= 0.3 is 0 Å². The van der Waals surface area contributed by atoms with E-state index in [-0.39, 0.29) is 23.2 Å². The lowest BCUT2D eigenvalue weighted by Gasteiger charge is -2.11. The minimum Gasteiger partial charge on any atom is -0.487 e. The van der Waals surface area contributed by atoms with Crippen LogP contribution in [0.25, 0.3) is 0 Å². The van der Waals surface area contributed by atoms with E-state index in [2.05, 4.69) is 9.71 Å². The van der Waals surface area contributed by atoms with E-state index < -0.39 is 5.82 Å². The third-order valence-corrected chi connectivity index (χ3v) is 4.89. The van der Waals surface area contributed by atoms with Crippen molar-refractivity contribution in [1.82, 2.24) is 4.98 Å². The van der Waals surface area contributed by atoms with Crippen molar-refractivity contribution in [3.05, 3.63) is 70.2 Å². The number of halogens is 3. The first-order chi connectivity index (χ1) is 11.6. The number of thiazole rings is 1. The predicted octanol–water partition coefficient (Wildman–Crippen LogP) is 5.77. The number of nitrogens with one attached hydrogen (secondary N) is 1. The van der Waals surface area contributed by atoms with Crippen molar-refractivity contribution in [2.24, 2.45) is 0 Å². The van der Waals surface area contributed by atoms with E-state index in [9.17, 15) is 8.78 Å². The van der Waals surface area contributed by atoms with E-state index in [0.29, 0.717) is 15.6 Å². The Bertz CT molecular complexity index is 831. The molecule has 0 atom stereocenters. The fourth-order valence-corrected chi connectivity index (χ4v) is 3.42. The normalized spacial score (nSPS) is 10.6. The summed E-state index contributed by atoms with van der Waals surface area (Å²) < 4.78 is 35.7. The minimum atomic E-state index is -0.470. The van der Waals surface area contributed by atoms with E-state index >= 15 is 0 Å². The van der Waals surface area contributed by atoms with Crippen LogP contribution in [-0.2, 0) is 6.61 Å². The molecule has 1 heterocycles. The molecular weight excluding hydrogens is 374 g/mol. The second-order valence-electron chi connectivity index (χ2n) is 4.67. The fourth-order valence-electron chi connectivity index (χ4n) is 1.86. The van der Waals surface area contributed by atoms with Crippen molar-refractivity contribution in [2.45, 2.75) is 11.5 Å². The lowest BCUT2D eigenvalue weighted by atomic mass is 10.2. The van der Waals surface area contributed by atoms with Gasteiger partial charge in [-0.15, -0.1) is 11.3 Å². The van der Waals surface area contributed by atoms with Gasteiger partial charge in [-0.25, -0.2) is 13.8 Å². The van der Waals surface area contributed by atoms with Gasteiger partial charge in [0.25, 0.3) is 0 Å². The standard InChI is InChI=1S/C16H11ClF2N2OS2/c17-12-7-15(24-21-16-20-4-5-23-16)13(19)8-14(12)22-9-10-2-1-3-11(18)6-10/h1-8H,9H2,(H,20,21). The number of benzene rings is 2. The highest BCUT2D eigenvalue weighted by Crippen LogP contribution is 2.33. The topological polar surface area (TPSA) is 34.1 Å². The zero-order valence-electron chi connectivity index (χ0n) is 12.1. The van der Waals surface area contributed by atoms with Crippen molar-refractivity contribution in [2.75, 3.05) is 4.72 Å². The summed E-state index contributed by atoms with van der Waals surface area (Å²) in [6, 6.07) is 8.69. The van der Waals surface area contributed by atoms with Gasteiger partial charge in [0, 0.05) is 17.6 Å². The molecule has 8 heteroatoms. The van der Waals surface area contributed by atoms with Gasteiger partial charge in [0.2, 0.25) is 0 Å². The quantitative estimate of drug-likeness (QED) is 0.547. The van der Waals surface area contributed by atoms with Crippen LogP contribution in [-0.4, -0.2) is 4.98 Å². The molecule has 124 valence electrons. The fraction of sp³-hybridized carbons (Fsp3) is 0.0625. The maximum Gasteiger partial charge on any atom is 0.192 e. The van der Waals surface area contributed by atoms with E-state index in [1.165, 1.54) is 35.6 Å². The Morgan fingerprint density at radius 3 is 2.88 bits per heavy atom. The smallest absolute Gasteiger partial charge is 0.192 e. The van der Waals surface area contributed by atoms with E-state index in [0.717, 1.165) is 11.9 Å². The summed E-state index contributed by atoms with van der Waals surface area (Å²) in [5.74, 6) is -0.617. The highest BCUT2D eigenvalue weighted by molar-refractivity contribution is 8.00. The molecule has 0 aliphatic heterocycles. The van der Waals surface area contributed by atoms with Crippen LogP contribution >= 0.6 is 34.9 Å². The molecule has 0 saturated carbocycles. The molecule has 3 aromatic rings. The molecule has 0 bridgehead atoms. The highest BCUT2D eigenvalue weighted by atomic mass is 35.5. The van der Waals surface area contributed by atoms with Crippen molar-refractivity contribution >= 4 is 40.0 Å². The van der Waals surface area contributed by atoms with Gasteiger partial charge in [-0.3, -0.25) is 0 Å². The number of ether oxygens (including phenoxy) is 1. The van der Waals surface area contributed by atoms with Crippen molar-refractivity contribution < 1.29 is 13.5 Å². The maximum atomic E-state index is 14.2. The van der Waals surface area contributed by atoms with Crippen LogP contribution < -0.4 is 9.46 Å². The van der Waals surface area contributed by atoms with E-state index in [4.69, 9.17) is 16.3 Å².